The fraction of sp³-hybridized carbons (Fsp3) is 0.833. The van der Waals surface area contributed by atoms with Gasteiger partial charge in [0.1, 0.15) is 0 Å². The fourth-order valence-corrected chi connectivity index (χ4v) is 1.32. The van der Waals surface area contributed by atoms with E-state index in [1.807, 2.05) is 0 Å². The molecule has 0 aliphatic rings. The van der Waals surface area contributed by atoms with Crippen molar-refractivity contribution in [2.45, 2.75) is 52.4 Å². The SMILES string of the molecule is CCCCCCN=C(N)NC(=O)NCCCC. The van der Waals surface area contributed by atoms with Crippen LogP contribution < -0.4 is 16.4 Å². The summed E-state index contributed by atoms with van der Waals surface area (Å²) in [5, 5.41) is 5.22. The van der Waals surface area contributed by atoms with Crippen LogP contribution in [0.3, 0.4) is 0 Å². The van der Waals surface area contributed by atoms with Crippen LogP contribution in [-0.4, -0.2) is 25.1 Å². The molecule has 2 amide bonds. The summed E-state index contributed by atoms with van der Waals surface area (Å²) in [6.07, 6.45) is 6.64. The van der Waals surface area contributed by atoms with Crippen LogP contribution in [0.5, 0.6) is 0 Å². The van der Waals surface area contributed by atoms with Crippen molar-refractivity contribution < 1.29 is 4.79 Å². The van der Waals surface area contributed by atoms with E-state index in [2.05, 4.69) is 29.5 Å². The first-order valence-electron chi connectivity index (χ1n) is 6.55. The third-order valence-electron chi connectivity index (χ3n) is 2.35. The van der Waals surface area contributed by atoms with Crippen molar-refractivity contribution in [3.63, 3.8) is 0 Å². The molecule has 0 bridgehead atoms. The van der Waals surface area contributed by atoms with E-state index >= 15 is 0 Å². The molecule has 0 aromatic carbocycles. The molecule has 0 saturated carbocycles. The molecule has 100 valence electrons. The first-order chi connectivity index (χ1) is 8.20. The van der Waals surface area contributed by atoms with Gasteiger partial charge in [-0.2, -0.15) is 0 Å². The zero-order valence-electron chi connectivity index (χ0n) is 11.1. The molecule has 0 aliphatic carbocycles. The van der Waals surface area contributed by atoms with E-state index in [-0.39, 0.29) is 12.0 Å². The minimum Gasteiger partial charge on any atom is -0.370 e. The van der Waals surface area contributed by atoms with Gasteiger partial charge < -0.3 is 11.1 Å². The largest absolute Gasteiger partial charge is 0.370 e. The van der Waals surface area contributed by atoms with E-state index in [1.54, 1.807) is 0 Å². The highest BCUT2D eigenvalue weighted by Crippen LogP contribution is 1.98. The molecule has 0 atom stereocenters. The van der Waals surface area contributed by atoms with Gasteiger partial charge in [0.05, 0.1) is 0 Å². The molecule has 4 N–H and O–H groups in total. The van der Waals surface area contributed by atoms with E-state index in [4.69, 9.17) is 5.73 Å². The van der Waals surface area contributed by atoms with Gasteiger partial charge in [-0.05, 0) is 12.8 Å². The lowest BCUT2D eigenvalue weighted by Gasteiger charge is -2.06. The number of carbonyl (C=O) groups excluding carboxylic acids is 1. The topological polar surface area (TPSA) is 79.5 Å². The summed E-state index contributed by atoms with van der Waals surface area (Å²) in [7, 11) is 0. The Kier molecular flexibility index (Phi) is 10.4. The molecule has 0 rings (SSSR count). The number of nitrogens with one attached hydrogen (secondary N) is 2. The molecule has 5 nitrogen and oxygen atoms in total. The van der Waals surface area contributed by atoms with E-state index in [9.17, 15) is 4.79 Å². The molecule has 0 radical (unpaired) electrons. The molecule has 0 saturated heterocycles. The van der Waals surface area contributed by atoms with Crippen molar-refractivity contribution in [1.29, 1.82) is 0 Å². The average Bonchev–Trinajstić information content (AvgIpc) is 2.29. The maximum absolute atomic E-state index is 11.3. The molecule has 0 spiro atoms. The van der Waals surface area contributed by atoms with E-state index in [1.165, 1.54) is 12.8 Å². The lowest BCUT2D eigenvalue weighted by atomic mass is 10.2. The quantitative estimate of drug-likeness (QED) is 0.346. The molecular formula is C12H26N4O. The summed E-state index contributed by atoms with van der Waals surface area (Å²) in [4.78, 5) is 15.4. The maximum Gasteiger partial charge on any atom is 0.321 e. The Hall–Kier alpha value is -1.26. The number of amides is 2. The van der Waals surface area contributed by atoms with E-state index < -0.39 is 0 Å². The molecule has 0 aromatic heterocycles. The summed E-state index contributed by atoms with van der Waals surface area (Å²) in [5.74, 6) is 0.204. The van der Waals surface area contributed by atoms with Crippen LogP contribution in [0.2, 0.25) is 0 Å². The second-order valence-electron chi connectivity index (χ2n) is 4.06. The standard InChI is InChI=1S/C12H26N4O/c1-3-5-7-8-10-14-11(13)16-12(17)15-9-6-4-2/h3-10H2,1-2H3,(H4,13,14,15,16,17). The average molecular weight is 242 g/mol. The smallest absolute Gasteiger partial charge is 0.321 e. The van der Waals surface area contributed by atoms with Gasteiger partial charge >= 0.3 is 6.03 Å². The third kappa shape index (κ3) is 11.0. The minimum atomic E-state index is -0.270. The van der Waals surface area contributed by atoms with Gasteiger partial charge in [-0.15, -0.1) is 0 Å². The molecular weight excluding hydrogens is 216 g/mol. The number of unbranched alkanes of at least 4 members (excludes halogenated alkanes) is 4. The number of hydrogen-bond donors (Lipinski definition) is 3. The van der Waals surface area contributed by atoms with Crippen LogP contribution in [0.15, 0.2) is 4.99 Å². The zero-order chi connectivity index (χ0) is 12.9. The predicted molar refractivity (Wildman–Crippen MR) is 72.1 cm³/mol. The van der Waals surface area contributed by atoms with Gasteiger partial charge in [-0.1, -0.05) is 39.5 Å². The Morgan fingerprint density at radius 2 is 1.82 bits per heavy atom. The monoisotopic (exact) mass is 242 g/mol. The Morgan fingerprint density at radius 1 is 1.12 bits per heavy atom. The Balaban J connectivity index is 3.57. The summed E-state index contributed by atoms with van der Waals surface area (Å²) in [5.41, 5.74) is 5.57. The van der Waals surface area contributed by atoms with Gasteiger partial charge in [-0.3, -0.25) is 10.3 Å². The number of aliphatic imine (C=N–C) groups is 1. The molecule has 5 heteroatoms. The summed E-state index contributed by atoms with van der Waals surface area (Å²) in [6.45, 7) is 5.60. The Bertz CT molecular complexity index is 229. The first kappa shape index (κ1) is 15.7. The van der Waals surface area contributed by atoms with Crippen molar-refractivity contribution in [2.24, 2.45) is 10.7 Å². The molecule has 17 heavy (non-hydrogen) atoms. The van der Waals surface area contributed by atoms with Crippen molar-refractivity contribution in [1.82, 2.24) is 10.6 Å². The highest BCUT2D eigenvalue weighted by molar-refractivity contribution is 5.95. The number of nitrogens with two attached hydrogens (primary N) is 1. The normalized spacial score (nSPS) is 11.3. The molecule has 0 aliphatic heterocycles. The van der Waals surface area contributed by atoms with Crippen LogP contribution in [0.1, 0.15) is 52.4 Å². The Morgan fingerprint density at radius 3 is 2.47 bits per heavy atom. The second kappa shape index (κ2) is 11.2. The minimum absolute atomic E-state index is 0.204. The molecule has 0 unspecified atom stereocenters. The number of guanidine groups is 1. The van der Waals surface area contributed by atoms with Crippen molar-refractivity contribution >= 4 is 12.0 Å². The molecule has 0 aromatic rings. The highest BCUT2D eigenvalue weighted by atomic mass is 16.2. The fourth-order valence-electron chi connectivity index (χ4n) is 1.32. The highest BCUT2D eigenvalue weighted by Gasteiger charge is 2.00. The predicted octanol–water partition coefficient (Wildman–Crippen LogP) is 1.98. The lowest BCUT2D eigenvalue weighted by molar-refractivity contribution is 0.245. The van der Waals surface area contributed by atoms with Gasteiger partial charge in [0.15, 0.2) is 5.96 Å². The van der Waals surface area contributed by atoms with E-state index in [0.29, 0.717) is 13.1 Å². The number of rotatable bonds is 8. The molecule has 0 heterocycles. The van der Waals surface area contributed by atoms with Gasteiger partial charge in [-0.25, -0.2) is 4.79 Å². The number of nitrogens with zero attached hydrogens (tertiary/aromatic N) is 1. The van der Waals surface area contributed by atoms with E-state index in [0.717, 1.165) is 25.7 Å². The van der Waals surface area contributed by atoms with Crippen LogP contribution in [-0.2, 0) is 0 Å². The number of urea groups is 1. The van der Waals surface area contributed by atoms with Crippen LogP contribution >= 0.6 is 0 Å². The number of carbonyl (C=O) groups is 1. The number of hydrogen-bond acceptors (Lipinski definition) is 2. The third-order valence-corrected chi connectivity index (χ3v) is 2.35. The maximum atomic E-state index is 11.3. The first-order valence-corrected chi connectivity index (χ1v) is 6.55. The lowest BCUT2D eigenvalue weighted by Crippen LogP contribution is -2.43. The zero-order valence-corrected chi connectivity index (χ0v) is 11.1. The summed E-state index contributed by atoms with van der Waals surface area (Å²) < 4.78 is 0. The van der Waals surface area contributed by atoms with Gasteiger partial charge in [0.2, 0.25) is 0 Å². The van der Waals surface area contributed by atoms with Crippen LogP contribution in [0, 0.1) is 0 Å². The van der Waals surface area contributed by atoms with Crippen LogP contribution in [0.4, 0.5) is 4.79 Å². The van der Waals surface area contributed by atoms with Gasteiger partial charge in [0.25, 0.3) is 0 Å². The summed E-state index contributed by atoms with van der Waals surface area (Å²) in [6, 6.07) is -0.270. The van der Waals surface area contributed by atoms with Crippen LogP contribution in [0.25, 0.3) is 0 Å². The van der Waals surface area contributed by atoms with Gasteiger partial charge in [0, 0.05) is 13.1 Å². The Labute approximate surface area is 104 Å². The summed E-state index contributed by atoms with van der Waals surface area (Å²) >= 11 is 0. The van der Waals surface area contributed by atoms with Crippen molar-refractivity contribution in [3.05, 3.63) is 0 Å². The molecule has 0 fully saturated rings. The second-order valence-corrected chi connectivity index (χ2v) is 4.06. The van der Waals surface area contributed by atoms with Crippen molar-refractivity contribution in [3.8, 4) is 0 Å². The van der Waals surface area contributed by atoms with Crippen molar-refractivity contribution in [2.75, 3.05) is 13.1 Å².